The van der Waals surface area contributed by atoms with E-state index >= 15 is 0 Å². The molecule has 2 rings (SSSR count). The minimum Gasteiger partial charge on any atom is -0.388 e. The lowest BCUT2D eigenvalue weighted by atomic mass is 10.1. The third-order valence-corrected chi connectivity index (χ3v) is 3.38. The Hall–Kier alpha value is -0.840. The number of hydrogen-bond acceptors (Lipinski definition) is 2. The van der Waals surface area contributed by atoms with Gasteiger partial charge in [-0.15, -0.1) is 0 Å². The predicted molar refractivity (Wildman–Crippen MR) is 82.5 cm³/mol. The predicted octanol–water partition coefficient (Wildman–Crippen LogP) is 4.08. The Morgan fingerprint density at radius 1 is 1.29 bits per heavy atom. The second kappa shape index (κ2) is 5.21. The van der Waals surface area contributed by atoms with Crippen LogP contribution in [0.4, 0.5) is 5.69 Å². The average Bonchev–Trinajstić information content (AvgIpc) is 2.27. The fourth-order valence-electron chi connectivity index (χ4n) is 1.98. The highest BCUT2D eigenvalue weighted by atomic mass is 127. The monoisotopic (exact) mass is 340 g/mol. The number of nitrogens with zero attached hydrogens (tertiary/aromatic N) is 1. The van der Waals surface area contributed by atoms with Crippen molar-refractivity contribution >= 4 is 39.2 Å². The molecule has 90 valence electrons. The molecule has 0 fully saturated rings. The molecule has 0 amide bonds. The lowest BCUT2D eigenvalue weighted by Crippen LogP contribution is -2.00. The molecule has 1 heterocycles. The van der Waals surface area contributed by atoms with E-state index in [9.17, 15) is 0 Å². The van der Waals surface area contributed by atoms with Gasteiger partial charge in [0, 0.05) is 27.4 Å². The minimum atomic E-state index is 0.633. The van der Waals surface area contributed by atoms with Crippen LogP contribution in [0.25, 0.3) is 10.9 Å². The number of anilines is 1. The summed E-state index contributed by atoms with van der Waals surface area (Å²) < 4.78 is 1.24. The first kappa shape index (κ1) is 12.6. The van der Waals surface area contributed by atoms with Gasteiger partial charge in [0.2, 0.25) is 0 Å². The van der Waals surface area contributed by atoms with Crippen molar-refractivity contribution in [3.8, 4) is 0 Å². The van der Waals surface area contributed by atoms with Crippen LogP contribution < -0.4 is 5.32 Å². The van der Waals surface area contributed by atoms with E-state index in [1.165, 1.54) is 14.6 Å². The van der Waals surface area contributed by atoms with E-state index in [-0.39, 0.29) is 0 Å². The molecule has 3 heteroatoms. The van der Waals surface area contributed by atoms with Crippen LogP contribution in [0.3, 0.4) is 0 Å². The zero-order valence-corrected chi connectivity index (χ0v) is 12.6. The second-order valence-electron chi connectivity index (χ2n) is 4.67. The number of pyridine rings is 1. The van der Waals surface area contributed by atoms with Crippen molar-refractivity contribution in [3.63, 3.8) is 0 Å². The highest BCUT2D eigenvalue weighted by Crippen LogP contribution is 2.25. The van der Waals surface area contributed by atoms with Gasteiger partial charge >= 0.3 is 0 Å². The van der Waals surface area contributed by atoms with Crippen molar-refractivity contribution in [1.82, 2.24) is 4.98 Å². The summed E-state index contributed by atoms with van der Waals surface area (Å²) in [5, 5.41) is 4.47. The van der Waals surface area contributed by atoms with Crippen molar-refractivity contribution in [2.75, 3.05) is 12.4 Å². The second-order valence-corrected chi connectivity index (χ2v) is 5.92. The SMILES string of the molecule is CNc1cc(CC(C)C)nc2ccc(I)cc12. The van der Waals surface area contributed by atoms with Crippen LogP contribution in [0.2, 0.25) is 0 Å². The van der Waals surface area contributed by atoms with Gasteiger partial charge in [-0.25, -0.2) is 0 Å². The van der Waals surface area contributed by atoms with Crippen molar-refractivity contribution in [2.24, 2.45) is 5.92 Å². The maximum absolute atomic E-state index is 4.72. The molecule has 17 heavy (non-hydrogen) atoms. The summed E-state index contributed by atoms with van der Waals surface area (Å²) in [6.45, 7) is 4.44. The molecule has 0 radical (unpaired) electrons. The van der Waals surface area contributed by atoms with Crippen LogP contribution in [-0.2, 0) is 6.42 Å². The Bertz CT molecular complexity index is 535. The molecular weight excluding hydrogens is 323 g/mol. The molecule has 1 aromatic heterocycles. The zero-order chi connectivity index (χ0) is 12.4. The van der Waals surface area contributed by atoms with Crippen LogP contribution in [-0.4, -0.2) is 12.0 Å². The van der Waals surface area contributed by atoms with Crippen molar-refractivity contribution in [1.29, 1.82) is 0 Å². The van der Waals surface area contributed by atoms with E-state index in [0.717, 1.165) is 17.6 Å². The molecule has 0 spiro atoms. The van der Waals surface area contributed by atoms with E-state index in [2.05, 4.69) is 66.0 Å². The van der Waals surface area contributed by atoms with Crippen LogP contribution >= 0.6 is 22.6 Å². The van der Waals surface area contributed by atoms with Gasteiger partial charge in [-0.3, -0.25) is 4.98 Å². The molecule has 0 bridgehead atoms. The third-order valence-electron chi connectivity index (χ3n) is 2.71. The van der Waals surface area contributed by atoms with Gasteiger partial charge in [0.05, 0.1) is 5.52 Å². The molecule has 0 atom stereocenters. The van der Waals surface area contributed by atoms with Gasteiger partial charge in [-0.1, -0.05) is 13.8 Å². The van der Waals surface area contributed by atoms with E-state index < -0.39 is 0 Å². The molecule has 1 N–H and O–H groups in total. The molecule has 2 nitrogen and oxygen atoms in total. The highest BCUT2D eigenvalue weighted by molar-refractivity contribution is 14.1. The van der Waals surface area contributed by atoms with E-state index in [1.807, 2.05) is 7.05 Å². The average molecular weight is 340 g/mol. The zero-order valence-electron chi connectivity index (χ0n) is 10.4. The van der Waals surface area contributed by atoms with Gasteiger partial charge in [0.25, 0.3) is 0 Å². The maximum atomic E-state index is 4.72. The van der Waals surface area contributed by atoms with E-state index in [0.29, 0.717) is 5.92 Å². The van der Waals surface area contributed by atoms with Gasteiger partial charge in [-0.2, -0.15) is 0 Å². The summed E-state index contributed by atoms with van der Waals surface area (Å²) in [6.07, 6.45) is 1.02. The van der Waals surface area contributed by atoms with Crippen LogP contribution in [0.1, 0.15) is 19.5 Å². The normalized spacial score (nSPS) is 11.1. The Morgan fingerprint density at radius 3 is 2.71 bits per heavy atom. The summed E-state index contributed by atoms with van der Waals surface area (Å²) in [4.78, 5) is 4.72. The molecule has 0 aliphatic heterocycles. The van der Waals surface area contributed by atoms with Gasteiger partial charge in [-0.05, 0) is 59.2 Å². The van der Waals surface area contributed by atoms with Crippen molar-refractivity contribution in [3.05, 3.63) is 33.5 Å². The van der Waals surface area contributed by atoms with Crippen LogP contribution in [0.15, 0.2) is 24.3 Å². The van der Waals surface area contributed by atoms with E-state index in [4.69, 9.17) is 4.98 Å². The number of benzene rings is 1. The first-order valence-electron chi connectivity index (χ1n) is 5.87. The van der Waals surface area contributed by atoms with Crippen molar-refractivity contribution < 1.29 is 0 Å². The number of rotatable bonds is 3. The Balaban J connectivity index is 2.58. The van der Waals surface area contributed by atoms with Crippen LogP contribution in [0.5, 0.6) is 0 Å². The third kappa shape index (κ3) is 2.89. The lowest BCUT2D eigenvalue weighted by molar-refractivity contribution is 0.637. The molecule has 2 aromatic rings. The molecule has 0 unspecified atom stereocenters. The Labute approximate surface area is 116 Å². The fourth-order valence-corrected chi connectivity index (χ4v) is 2.47. The Kier molecular flexibility index (Phi) is 3.86. The number of hydrogen-bond donors (Lipinski definition) is 1. The fraction of sp³-hybridized carbons (Fsp3) is 0.357. The van der Waals surface area contributed by atoms with E-state index in [1.54, 1.807) is 0 Å². The molecule has 1 aromatic carbocycles. The smallest absolute Gasteiger partial charge is 0.0726 e. The minimum absolute atomic E-state index is 0.633. The topological polar surface area (TPSA) is 24.9 Å². The van der Waals surface area contributed by atoms with Gasteiger partial charge in [0.1, 0.15) is 0 Å². The summed E-state index contributed by atoms with van der Waals surface area (Å²) in [7, 11) is 1.97. The molecule has 0 saturated carbocycles. The molecule has 0 aliphatic carbocycles. The Morgan fingerprint density at radius 2 is 2.06 bits per heavy atom. The largest absolute Gasteiger partial charge is 0.388 e. The summed E-state index contributed by atoms with van der Waals surface area (Å²) in [5.41, 5.74) is 3.41. The first-order chi connectivity index (χ1) is 8.10. The molecule has 0 aliphatic rings. The van der Waals surface area contributed by atoms with Crippen LogP contribution in [0, 0.1) is 9.49 Å². The quantitative estimate of drug-likeness (QED) is 0.852. The highest BCUT2D eigenvalue weighted by Gasteiger charge is 2.06. The summed E-state index contributed by atoms with van der Waals surface area (Å²) in [6, 6.07) is 8.54. The van der Waals surface area contributed by atoms with Gasteiger partial charge in [0.15, 0.2) is 0 Å². The first-order valence-corrected chi connectivity index (χ1v) is 6.95. The standard InChI is InChI=1S/C14H17IN2/c1-9(2)6-11-8-14(16-3)12-7-10(15)4-5-13(12)17-11/h4-5,7-9H,6H2,1-3H3,(H,16,17). The number of halogens is 1. The summed E-state index contributed by atoms with van der Waals surface area (Å²) >= 11 is 2.33. The molecular formula is C14H17IN2. The summed E-state index contributed by atoms with van der Waals surface area (Å²) in [5.74, 6) is 0.633. The maximum Gasteiger partial charge on any atom is 0.0726 e. The lowest BCUT2D eigenvalue weighted by Gasteiger charge is -2.11. The number of fused-ring (bicyclic) bond motifs is 1. The number of nitrogens with one attached hydrogen (secondary N) is 1. The van der Waals surface area contributed by atoms with Gasteiger partial charge < -0.3 is 5.32 Å². The number of aromatic nitrogens is 1. The molecule has 0 saturated heterocycles. The van der Waals surface area contributed by atoms with Crippen molar-refractivity contribution in [2.45, 2.75) is 20.3 Å².